The number of nitrogens with one attached hydrogen (secondary N) is 1. The topological polar surface area (TPSA) is 54.9 Å². The third-order valence-electron chi connectivity index (χ3n) is 2.10. The zero-order chi connectivity index (χ0) is 12.2. The van der Waals surface area contributed by atoms with Gasteiger partial charge in [0.25, 0.3) is 0 Å². The zero-order valence-corrected chi connectivity index (χ0v) is 10.5. The molecule has 0 saturated carbocycles. The first-order chi connectivity index (χ1) is 7.45. The molecule has 0 aliphatic rings. The summed E-state index contributed by atoms with van der Waals surface area (Å²) in [6, 6.07) is 0. The fraction of sp³-hybridized carbons (Fsp3) is 0.545. The van der Waals surface area contributed by atoms with Crippen LogP contribution in [0.15, 0.2) is 12.5 Å². The molecule has 0 spiro atoms. The summed E-state index contributed by atoms with van der Waals surface area (Å²) in [5.41, 5.74) is 1.80. The second-order valence-electron chi connectivity index (χ2n) is 4.56. The first-order valence-corrected chi connectivity index (χ1v) is 5.60. The van der Waals surface area contributed by atoms with Gasteiger partial charge in [0.2, 0.25) is 5.91 Å². The van der Waals surface area contributed by atoms with Gasteiger partial charge in [0.05, 0.1) is 5.69 Å². The lowest BCUT2D eigenvalue weighted by molar-refractivity contribution is -0.118. The van der Waals surface area contributed by atoms with Crippen LogP contribution in [0.2, 0.25) is 0 Å². The molecule has 1 N–H and O–H groups in total. The van der Waals surface area contributed by atoms with Gasteiger partial charge in [-0.15, -0.1) is 11.6 Å². The molecule has 0 radical (unpaired) electrons. The van der Waals surface area contributed by atoms with Gasteiger partial charge in [-0.1, -0.05) is 20.8 Å². The largest absolute Gasteiger partial charge is 0.351 e. The van der Waals surface area contributed by atoms with Crippen LogP contribution in [0.4, 0.5) is 0 Å². The van der Waals surface area contributed by atoms with Crippen molar-refractivity contribution in [1.82, 2.24) is 15.3 Å². The van der Waals surface area contributed by atoms with E-state index in [1.807, 2.05) is 0 Å². The van der Waals surface area contributed by atoms with Gasteiger partial charge in [0.15, 0.2) is 0 Å². The van der Waals surface area contributed by atoms with Crippen LogP contribution >= 0.6 is 11.6 Å². The number of aromatic nitrogens is 2. The third kappa shape index (κ3) is 3.45. The summed E-state index contributed by atoms with van der Waals surface area (Å²) in [7, 11) is 0. The summed E-state index contributed by atoms with van der Waals surface area (Å²) in [6.07, 6.45) is 3.25. The SMILES string of the molecule is CC(C)(C)c1ncncc1CNC(=O)CCl. The van der Waals surface area contributed by atoms with Crippen molar-refractivity contribution in [3.8, 4) is 0 Å². The lowest BCUT2D eigenvalue weighted by Crippen LogP contribution is -2.26. The second-order valence-corrected chi connectivity index (χ2v) is 4.82. The van der Waals surface area contributed by atoms with Crippen molar-refractivity contribution in [2.45, 2.75) is 32.7 Å². The van der Waals surface area contributed by atoms with Crippen molar-refractivity contribution >= 4 is 17.5 Å². The molecule has 0 saturated heterocycles. The smallest absolute Gasteiger partial charge is 0.235 e. The van der Waals surface area contributed by atoms with Crippen LogP contribution in [-0.4, -0.2) is 21.8 Å². The van der Waals surface area contributed by atoms with Crippen molar-refractivity contribution in [3.63, 3.8) is 0 Å². The summed E-state index contributed by atoms with van der Waals surface area (Å²) >= 11 is 5.40. The van der Waals surface area contributed by atoms with Gasteiger partial charge in [-0.25, -0.2) is 9.97 Å². The van der Waals surface area contributed by atoms with Crippen molar-refractivity contribution in [2.24, 2.45) is 0 Å². The molecule has 1 heterocycles. The Kier molecular flexibility index (Phi) is 4.24. The maximum Gasteiger partial charge on any atom is 0.235 e. The van der Waals surface area contributed by atoms with Crippen LogP contribution in [0.1, 0.15) is 32.0 Å². The average molecular weight is 242 g/mol. The third-order valence-corrected chi connectivity index (χ3v) is 2.34. The Labute approximate surface area is 100 Å². The molecular formula is C11H16ClN3O. The lowest BCUT2D eigenvalue weighted by Gasteiger charge is -2.20. The van der Waals surface area contributed by atoms with E-state index in [0.717, 1.165) is 11.3 Å². The molecule has 1 rings (SSSR count). The van der Waals surface area contributed by atoms with Gasteiger partial charge in [0, 0.05) is 23.7 Å². The maximum atomic E-state index is 11.1. The Bertz CT molecular complexity index is 374. The number of rotatable bonds is 3. The van der Waals surface area contributed by atoms with Gasteiger partial charge in [0.1, 0.15) is 12.2 Å². The highest BCUT2D eigenvalue weighted by atomic mass is 35.5. The first kappa shape index (κ1) is 12.9. The molecule has 0 aliphatic heterocycles. The molecule has 0 atom stereocenters. The number of alkyl halides is 1. The molecule has 1 aromatic heterocycles. The molecule has 4 nitrogen and oxygen atoms in total. The van der Waals surface area contributed by atoms with E-state index < -0.39 is 0 Å². The summed E-state index contributed by atoms with van der Waals surface area (Å²) in [4.78, 5) is 19.3. The molecule has 1 amide bonds. The van der Waals surface area contributed by atoms with E-state index >= 15 is 0 Å². The summed E-state index contributed by atoms with van der Waals surface area (Å²) in [6.45, 7) is 6.63. The fourth-order valence-corrected chi connectivity index (χ4v) is 1.50. The van der Waals surface area contributed by atoms with Crippen LogP contribution in [-0.2, 0) is 16.8 Å². The minimum atomic E-state index is -0.189. The van der Waals surface area contributed by atoms with E-state index in [2.05, 4.69) is 36.1 Å². The van der Waals surface area contributed by atoms with Gasteiger partial charge < -0.3 is 5.32 Å². The van der Waals surface area contributed by atoms with Gasteiger partial charge in [-0.05, 0) is 0 Å². The Balaban J connectivity index is 2.84. The van der Waals surface area contributed by atoms with Gasteiger partial charge in [-0.3, -0.25) is 4.79 Å². The number of hydrogen-bond acceptors (Lipinski definition) is 3. The van der Waals surface area contributed by atoms with Crippen LogP contribution in [0, 0.1) is 0 Å². The fourth-order valence-electron chi connectivity index (χ4n) is 1.40. The quantitative estimate of drug-likeness (QED) is 0.819. The van der Waals surface area contributed by atoms with E-state index in [1.165, 1.54) is 6.33 Å². The second kappa shape index (κ2) is 5.25. The number of nitrogens with zero attached hydrogens (tertiary/aromatic N) is 2. The molecule has 88 valence electrons. The molecule has 0 bridgehead atoms. The highest BCUT2D eigenvalue weighted by molar-refractivity contribution is 6.27. The number of carbonyl (C=O) groups is 1. The molecule has 1 aromatic rings. The average Bonchev–Trinajstić information content (AvgIpc) is 2.25. The molecule has 0 aromatic carbocycles. The predicted octanol–water partition coefficient (Wildman–Crippen LogP) is 1.63. The minimum absolute atomic E-state index is 0.0292. The van der Waals surface area contributed by atoms with E-state index in [0.29, 0.717) is 6.54 Å². The maximum absolute atomic E-state index is 11.1. The normalized spacial score (nSPS) is 11.2. The number of hydrogen-bond donors (Lipinski definition) is 1. The van der Waals surface area contributed by atoms with Crippen molar-refractivity contribution in [2.75, 3.05) is 5.88 Å². The van der Waals surface area contributed by atoms with Crippen molar-refractivity contribution in [3.05, 3.63) is 23.8 Å². The van der Waals surface area contributed by atoms with Gasteiger partial charge in [-0.2, -0.15) is 0 Å². The highest BCUT2D eigenvalue weighted by Gasteiger charge is 2.19. The Morgan fingerprint density at radius 3 is 2.75 bits per heavy atom. The summed E-state index contributed by atoms with van der Waals surface area (Å²) in [5.74, 6) is -0.219. The number of carbonyl (C=O) groups excluding carboxylic acids is 1. The molecule has 5 heteroatoms. The Hall–Kier alpha value is -1.16. The van der Waals surface area contributed by atoms with E-state index in [4.69, 9.17) is 11.6 Å². The highest BCUT2D eigenvalue weighted by Crippen LogP contribution is 2.22. The summed E-state index contributed by atoms with van der Waals surface area (Å²) < 4.78 is 0. The standard InChI is InChI=1S/C11H16ClN3O/c1-11(2,3)10-8(5-13-7-15-10)6-14-9(16)4-12/h5,7H,4,6H2,1-3H3,(H,14,16). The number of halogens is 1. The van der Waals surface area contributed by atoms with E-state index in [-0.39, 0.29) is 17.2 Å². The molecule has 0 unspecified atom stereocenters. The van der Waals surface area contributed by atoms with Crippen molar-refractivity contribution < 1.29 is 4.79 Å². The monoisotopic (exact) mass is 241 g/mol. The predicted molar refractivity (Wildman–Crippen MR) is 63.3 cm³/mol. The van der Waals surface area contributed by atoms with Crippen LogP contribution in [0.5, 0.6) is 0 Å². The molecule has 0 aliphatic carbocycles. The van der Waals surface area contributed by atoms with Crippen LogP contribution < -0.4 is 5.32 Å². The molecular weight excluding hydrogens is 226 g/mol. The Morgan fingerprint density at radius 1 is 1.50 bits per heavy atom. The van der Waals surface area contributed by atoms with Gasteiger partial charge >= 0.3 is 0 Å². The first-order valence-electron chi connectivity index (χ1n) is 5.07. The molecule has 0 fully saturated rings. The molecule has 16 heavy (non-hydrogen) atoms. The Morgan fingerprint density at radius 2 is 2.19 bits per heavy atom. The van der Waals surface area contributed by atoms with Crippen LogP contribution in [0.3, 0.4) is 0 Å². The lowest BCUT2D eigenvalue weighted by atomic mass is 9.89. The zero-order valence-electron chi connectivity index (χ0n) is 9.75. The minimum Gasteiger partial charge on any atom is -0.351 e. The van der Waals surface area contributed by atoms with Crippen LogP contribution in [0.25, 0.3) is 0 Å². The number of amides is 1. The van der Waals surface area contributed by atoms with Crippen molar-refractivity contribution in [1.29, 1.82) is 0 Å². The van der Waals surface area contributed by atoms with E-state index in [9.17, 15) is 4.79 Å². The van der Waals surface area contributed by atoms with E-state index in [1.54, 1.807) is 6.20 Å². The summed E-state index contributed by atoms with van der Waals surface area (Å²) in [5, 5.41) is 2.71.